The Morgan fingerprint density at radius 1 is 1.00 bits per heavy atom. The molecule has 0 aliphatic heterocycles. The molecule has 0 unspecified atom stereocenters. The molecular weight excluding hydrogens is 332 g/mol. The van der Waals surface area contributed by atoms with Crippen LogP contribution in [0.2, 0.25) is 0 Å². The number of carbonyl (C=O) groups excluding carboxylic acids is 2. The van der Waals surface area contributed by atoms with Gasteiger partial charge in [-0.2, -0.15) is 0 Å². The molecule has 2 amide bonds. The Balaban J connectivity index is 2.11. The number of hydrogen-bond acceptors (Lipinski definition) is 2. The minimum atomic E-state index is -0.185. The smallest absolute Gasteiger partial charge is 0.255 e. The number of aryl methyl sites for hydroxylation is 1. The summed E-state index contributed by atoms with van der Waals surface area (Å²) in [6.07, 6.45) is 0. The second-order valence-corrected chi connectivity index (χ2v) is 5.59. The van der Waals surface area contributed by atoms with Gasteiger partial charge >= 0.3 is 0 Å². The lowest BCUT2D eigenvalue weighted by atomic mass is 10.1. The number of amides is 2. The molecule has 4 nitrogen and oxygen atoms in total. The van der Waals surface area contributed by atoms with Gasteiger partial charge in [0.1, 0.15) is 0 Å². The Bertz CT molecular complexity index is 681. The molecule has 2 aromatic rings. The highest BCUT2D eigenvalue weighted by molar-refractivity contribution is 9.10. The number of anilines is 2. The average Bonchev–Trinajstić information content (AvgIpc) is 2.42. The first-order chi connectivity index (χ1) is 9.95. The van der Waals surface area contributed by atoms with Gasteiger partial charge in [0.25, 0.3) is 5.91 Å². The molecule has 0 bridgehead atoms. The fraction of sp³-hybridized carbons (Fsp3) is 0.125. The highest BCUT2D eigenvalue weighted by atomic mass is 79.9. The van der Waals surface area contributed by atoms with Crippen LogP contribution in [-0.4, -0.2) is 11.8 Å². The topological polar surface area (TPSA) is 58.2 Å². The van der Waals surface area contributed by atoms with Gasteiger partial charge in [-0.3, -0.25) is 9.59 Å². The van der Waals surface area contributed by atoms with E-state index < -0.39 is 0 Å². The first-order valence-electron chi connectivity index (χ1n) is 6.41. The molecule has 0 fully saturated rings. The number of nitrogens with one attached hydrogen (secondary N) is 2. The SMILES string of the molecule is CC(=O)Nc1ccc(C(=O)Nc2ccc(Br)cc2C)cc1. The van der Waals surface area contributed by atoms with Crippen molar-refractivity contribution < 1.29 is 9.59 Å². The van der Waals surface area contributed by atoms with Crippen LogP contribution in [0.4, 0.5) is 11.4 Å². The largest absolute Gasteiger partial charge is 0.326 e. The average molecular weight is 347 g/mol. The molecular formula is C16H15BrN2O2. The summed E-state index contributed by atoms with van der Waals surface area (Å²) < 4.78 is 0.970. The minimum absolute atomic E-state index is 0.141. The molecule has 21 heavy (non-hydrogen) atoms. The number of hydrogen-bond donors (Lipinski definition) is 2. The maximum absolute atomic E-state index is 12.2. The lowest BCUT2D eigenvalue weighted by Gasteiger charge is -2.09. The molecule has 2 rings (SSSR count). The van der Waals surface area contributed by atoms with Crippen LogP contribution in [0.3, 0.4) is 0 Å². The van der Waals surface area contributed by atoms with Crippen molar-refractivity contribution in [1.82, 2.24) is 0 Å². The van der Waals surface area contributed by atoms with Gasteiger partial charge in [-0.15, -0.1) is 0 Å². The molecule has 0 saturated heterocycles. The fourth-order valence-corrected chi connectivity index (χ4v) is 2.35. The van der Waals surface area contributed by atoms with Gasteiger partial charge < -0.3 is 10.6 Å². The minimum Gasteiger partial charge on any atom is -0.326 e. The molecule has 0 spiro atoms. The Morgan fingerprint density at radius 2 is 1.67 bits per heavy atom. The van der Waals surface area contributed by atoms with Crippen molar-refractivity contribution in [2.75, 3.05) is 10.6 Å². The summed E-state index contributed by atoms with van der Waals surface area (Å²) >= 11 is 3.39. The summed E-state index contributed by atoms with van der Waals surface area (Å²) in [7, 11) is 0. The molecule has 5 heteroatoms. The number of carbonyl (C=O) groups is 2. The third-order valence-corrected chi connectivity index (χ3v) is 3.40. The van der Waals surface area contributed by atoms with Crippen LogP contribution in [0.5, 0.6) is 0 Å². The van der Waals surface area contributed by atoms with Gasteiger partial charge in [0.15, 0.2) is 0 Å². The van der Waals surface area contributed by atoms with E-state index in [0.717, 1.165) is 15.7 Å². The van der Waals surface area contributed by atoms with Crippen LogP contribution in [0, 0.1) is 6.92 Å². The number of rotatable bonds is 3. The first kappa shape index (κ1) is 15.3. The lowest BCUT2D eigenvalue weighted by molar-refractivity contribution is -0.114. The van der Waals surface area contributed by atoms with Gasteiger partial charge in [0.05, 0.1) is 0 Å². The van der Waals surface area contributed by atoms with Crippen molar-refractivity contribution in [3.8, 4) is 0 Å². The first-order valence-corrected chi connectivity index (χ1v) is 7.20. The zero-order valence-corrected chi connectivity index (χ0v) is 13.3. The lowest BCUT2D eigenvalue weighted by Crippen LogP contribution is -2.13. The quantitative estimate of drug-likeness (QED) is 0.883. The van der Waals surface area contributed by atoms with E-state index in [4.69, 9.17) is 0 Å². The van der Waals surface area contributed by atoms with E-state index in [0.29, 0.717) is 11.3 Å². The van der Waals surface area contributed by atoms with Crippen LogP contribution < -0.4 is 10.6 Å². The van der Waals surface area contributed by atoms with Crippen LogP contribution >= 0.6 is 15.9 Å². The van der Waals surface area contributed by atoms with E-state index in [-0.39, 0.29) is 11.8 Å². The summed E-state index contributed by atoms with van der Waals surface area (Å²) in [4.78, 5) is 23.1. The Labute approximate surface area is 131 Å². The van der Waals surface area contributed by atoms with E-state index in [1.165, 1.54) is 6.92 Å². The number of halogens is 1. The van der Waals surface area contributed by atoms with Crippen molar-refractivity contribution >= 4 is 39.1 Å². The maximum Gasteiger partial charge on any atom is 0.255 e. The fourth-order valence-electron chi connectivity index (χ4n) is 1.87. The van der Waals surface area contributed by atoms with Crippen molar-refractivity contribution in [3.63, 3.8) is 0 Å². The van der Waals surface area contributed by atoms with Crippen LogP contribution in [0.1, 0.15) is 22.8 Å². The zero-order chi connectivity index (χ0) is 15.4. The van der Waals surface area contributed by atoms with Gasteiger partial charge in [0, 0.05) is 28.3 Å². The van der Waals surface area contributed by atoms with Crippen molar-refractivity contribution in [1.29, 1.82) is 0 Å². The summed E-state index contributed by atoms with van der Waals surface area (Å²) in [5.41, 5.74) is 2.95. The maximum atomic E-state index is 12.2. The third kappa shape index (κ3) is 4.16. The predicted molar refractivity (Wildman–Crippen MR) is 87.6 cm³/mol. The molecule has 0 saturated carbocycles. The van der Waals surface area contributed by atoms with Gasteiger partial charge in [-0.1, -0.05) is 15.9 Å². The second kappa shape index (κ2) is 6.54. The van der Waals surface area contributed by atoms with Crippen LogP contribution in [0.25, 0.3) is 0 Å². The molecule has 2 aromatic carbocycles. The summed E-state index contributed by atoms with van der Waals surface area (Å²) in [5.74, 6) is -0.326. The van der Waals surface area contributed by atoms with E-state index in [1.807, 2.05) is 25.1 Å². The Hall–Kier alpha value is -2.14. The zero-order valence-electron chi connectivity index (χ0n) is 11.7. The van der Waals surface area contributed by atoms with Gasteiger partial charge in [0.2, 0.25) is 5.91 Å². The Morgan fingerprint density at radius 3 is 2.24 bits per heavy atom. The van der Waals surface area contributed by atoms with E-state index in [9.17, 15) is 9.59 Å². The van der Waals surface area contributed by atoms with Crippen LogP contribution in [-0.2, 0) is 4.79 Å². The van der Waals surface area contributed by atoms with E-state index in [2.05, 4.69) is 26.6 Å². The molecule has 2 N–H and O–H groups in total. The highest BCUT2D eigenvalue weighted by Crippen LogP contribution is 2.21. The third-order valence-electron chi connectivity index (χ3n) is 2.90. The standard InChI is InChI=1S/C16H15BrN2O2/c1-10-9-13(17)5-8-15(10)19-16(21)12-3-6-14(7-4-12)18-11(2)20/h3-9H,1-2H3,(H,18,20)(H,19,21). The summed E-state index contributed by atoms with van der Waals surface area (Å²) in [6.45, 7) is 3.37. The summed E-state index contributed by atoms with van der Waals surface area (Å²) in [6, 6.07) is 12.4. The second-order valence-electron chi connectivity index (χ2n) is 4.67. The molecule has 108 valence electrons. The van der Waals surface area contributed by atoms with Gasteiger partial charge in [-0.25, -0.2) is 0 Å². The van der Waals surface area contributed by atoms with E-state index in [1.54, 1.807) is 24.3 Å². The molecule has 0 heterocycles. The van der Waals surface area contributed by atoms with E-state index >= 15 is 0 Å². The van der Waals surface area contributed by atoms with Crippen molar-refractivity contribution in [3.05, 3.63) is 58.1 Å². The monoisotopic (exact) mass is 346 g/mol. The van der Waals surface area contributed by atoms with Crippen LogP contribution in [0.15, 0.2) is 46.9 Å². The summed E-state index contributed by atoms with van der Waals surface area (Å²) in [5, 5.41) is 5.53. The number of benzene rings is 2. The predicted octanol–water partition coefficient (Wildman–Crippen LogP) is 3.97. The molecule has 0 aliphatic rings. The molecule has 0 aliphatic carbocycles. The molecule has 0 atom stereocenters. The normalized spacial score (nSPS) is 10.0. The molecule has 0 aromatic heterocycles. The van der Waals surface area contributed by atoms with Crippen molar-refractivity contribution in [2.45, 2.75) is 13.8 Å². The van der Waals surface area contributed by atoms with Crippen molar-refractivity contribution in [2.24, 2.45) is 0 Å². The Kier molecular flexibility index (Phi) is 4.75. The molecule has 0 radical (unpaired) electrons. The highest BCUT2D eigenvalue weighted by Gasteiger charge is 2.08. The van der Waals surface area contributed by atoms with Gasteiger partial charge in [-0.05, 0) is 55.0 Å².